The van der Waals surface area contributed by atoms with Crippen LogP contribution >= 0.6 is 0 Å². The number of nitrogens with zero attached hydrogens (tertiary/aromatic N) is 2. The minimum atomic E-state index is -0.853. The number of hydrogen-bond donors (Lipinski definition) is 2. The van der Waals surface area contributed by atoms with E-state index in [9.17, 15) is 14.4 Å². The van der Waals surface area contributed by atoms with Crippen LogP contribution in [0.4, 0.5) is 10.5 Å². The lowest BCUT2D eigenvalue weighted by atomic mass is 9.73. The third-order valence-corrected chi connectivity index (χ3v) is 5.32. The Kier molecular flexibility index (Phi) is 4.94. The van der Waals surface area contributed by atoms with Crippen LogP contribution in [0.5, 0.6) is 0 Å². The molecule has 1 aliphatic carbocycles. The average Bonchev–Trinajstić information content (AvgIpc) is 2.85. The van der Waals surface area contributed by atoms with Gasteiger partial charge in [-0.1, -0.05) is 31.9 Å². The van der Waals surface area contributed by atoms with Crippen LogP contribution in [0.2, 0.25) is 0 Å². The quantitative estimate of drug-likeness (QED) is 0.809. The van der Waals surface area contributed by atoms with E-state index in [1.165, 1.54) is 0 Å². The van der Waals surface area contributed by atoms with Crippen LogP contribution in [0, 0.1) is 17.2 Å². The number of imide groups is 1. The van der Waals surface area contributed by atoms with E-state index in [0.717, 1.165) is 29.7 Å². The molecule has 0 unspecified atom stereocenters. The Hall–Kier alpha value is -2.88. The Morgan fingerprint density at radius 2 is 2.08 bits per heavy atom. The number of carbonyl (C=O) groups is 3. The van der Waals surface area contributed by atoms with Crippen molar-refractivity contribution in [3.05, 3.63) is 29.8 Å². The van der Waals surface area contributed by atoms with E-state index in [0.29, 0.717) is 18.5 Å². The Labute approximate surface area is 152 Å². The molecule has 1 heterocycles. The second-order valence-electron chi connectivity index (χ2n) is 7.02. The van der Waals surface area contributed by atoms with Crippen molar-refractivity contribution in [3.63, 3.8) is 0 Å². The highest BCUT2D eigenvalue weighted by molar-refractivity contribution is 6.10. The molecule has 136 valence electrons. The summed E-state index contributed by atoms with van der Waals surface area (Å²) >= 11 is 0. The van der Waals surface area contributed by atoms with Gasteiger partial charge in [0, 0.05) is 5.69 Å². The van der Waals surface area contributed by atoms with Crippen molar-refractivity contribution in [2.75, 3.05) is 11.9 Å². The highest BCUT2D eigenvalue weighted by Gasteiger charge is 2.55. The first kappa shape index (κ1) is 17.9. The van der Waals surface area contributed by atoms with Crippen LogP contribution in [0.3, 0.4) is 0 Å². The minimum Gasteiger partial charge on any atom is -0.325 e. The topological polar surface area (TPSA) is 102 Å². The first-order valence-corrected chi connectivity index (χ1v) is 8.86. The molecule has 1 aromatic carbocycles. The van der Waals surface area contributed by atoms with Gasteiger partial charge in [-0.05, 0) is 36.5 Å². The van der Waals surface area contributed by atoms with Gasteiger partial charge >= 0.3 is 6.03 Å². The summed E-state index contributed by atoms with van der Waals surface area (Å²) < 4.78 is 0. The highest BCUT2D eigenvalue weighted by atomic mass is 16.2. The molecule has 0 aromatic heterocycles. The monoisotopic (exact) mass is 354 g/mol. The Morgan fingerprint density at radius 3 is 2.73 bits per heavy atom. The maximum absolute atomic E-state index is 12.8. The second-order valence-corrected chi connectivity index (χ2v) is 7.02. The van der Waals surface area contributed by atoms with Crippen molar-refractivity contribution in [1.29, 1.82) is 5.26 Å². The van der Waals surface area contributed by atoms with Crippen LogP contribution in [-0.2, 0) is 16.0 Å². The number of rotatable bonds is 4. The van der Waals surface area contributed by atoms with Crippen molar-refractivity contribution >= 4 is 23.5 Å². The normalized spacial score (nSPS) is 25.1. The smallest absolute Gasteiger partial charge is 0.325 e. The molecule has 7 nitrogen and oxygen atoms in total. The van der Waals surface area contributed by atoms with Crippen molar-refractivity contribution in [2.45, 2.75) is 44.6 Å². The number of nitriles is 1. The zero-order valence-corrected chi connectivity index (χ0v) is 14.7. The van der Waals surface area contributed by atoms with E-state index in [1.54, 1.807) is 24.3 Å². The molecule has 7 heteroatoms. The van der Waals surface area contributed by atoms with E-state index in [4.69, 9.17) is 5.26 Å². The number of urea groups is 1. The Balaban J connectivity index is 1.64. The predicted molar refractivity (Wildman–Crippen MR) is 95.0 cm³/mol. The molecule has 26 heavy (non-hydrogen) atoms. The van der Waals surface area contributed by atoms with E-state index in [1.807, 2.05) is 6.92 Å². The van der Waals surface area contributed by atoms with E-state index in [2.05, 4.69) is 16.7 Å². The molecule has 3 rings (SSSR count). The van der Waals surface area contributed by atoms with Crippen molar-refractivity contribution in [3.8, 4) is 6.07 Å². The van der Waals surface area contributed by atoms with Gasteiger partial charge in [-0.2, -0.15) is 5.26 Å². The largest absolute Gasteiger partial charge is 0.325 e. The molecule has 1 saturated heterocycles. The number of nitrogens with one attached hydrogen (secondary N) is 2. The van der Waals surface area contributed by atoms with E-state index < -0.39 is 17.5 Å². The number of carbonyl (C=O) groups excluding carboxylic acids is 3. The van der Waals surface area contributed by atoms with Crippen LogP contribution in [0.25, 0.3) is 0 Å². The molecule has 1 spiro atoms. The lowest BCUT2D eigenvalue weighted by Crippen LogP contribution is -2.54. The van der Waals surface area contributed by atoms with Crippen molar-refractivity contribution in [1.82, 2.24) is 10.2 Å². The summed E-state index contributed by atoms with van der Waals surface area (Å²) in [6.07, 6.45) is 3.76. The number of hydrogen-bond acceptors (Lipinski definition) is 4. The Bertz CT molecular complexity index is 768. The summed E-state index contributed by atoms with van der Waals surface area (Å²) in [6, 6.07) is 8.46. The van der Waals surface area contributed by atoms with Gasteiger partial charge in [0.15, 0.2) is 0 Å². The lowest BCUT2D eigenvalue weighted by Gasteiger charge is -2.36. The maximum Gasteiger partial charge on any atom is 0.325 e. The fourth-order valence-electron chi connectivity index (χ4n) is 3.78. The summed E-state index contributed by atoms with van der Waals surface area (Å²) in [5, 5.41) is 14.2. The maximum atomic E-state index is 12.8. The van der Waals surface area contributed by atoms with Gasteiger partial charge in [0.25, 0.3) is 5.91 Å². The summed E-state index contributed by atoms with van der Waals surface area (Å²) in [4.78, 5) is 38.4. The van der Waals surface area contributed by atoms with Gasteiger partial charge in [-0.25, -0.2) is 4.79 Å². The number of anilines is 1. The molecule has 1 aliphatic heterocycles. The van der Waals surface area contributed by atoms with Crippen molar-refractivity contribution in [2.24, 2.45) is 5.92 Å². The standard InChI is InChI=1S/C19H22N4O3/c1-13-4-2-3-10-19(13)17(25)23(18(26)22-19)12-16(24)21-15-7-5-14(6-8-15)9-11-20/h5-8,13H,2-4,9-10,12H2,1H3,(H,21,24)(H,22,26)/t13-,19+/m1/s1. The zero-order chi connectivity index (χ0) is 18.7. The van der Waals surface area contributed by atoms with Gasteiger partial charge in [-0.15, -0.1) is 0 Å². The van der Waals surface area contributed by atoms with Crippen LogP contribution < -0.4 is 10.6 Å². The zero-order valence-electron chi connectivity index (χ0n) is 14.7. The fraction of sp³-hybridized carbons (Fsp3) is 0.474. The summed E-state index contributed by atoms with van der Waals surface area (Å²) in [6.45, 7) is 1.67. The molecule has 0 bridgehead atoms. The molecule has 2 aliphatic rings. The molecular formula is C19H22N4O3. The van der Waals surface area contributed by atoms with Gasteiger partial charge < -0.3 is 10.6 Å². The van der Waals surface area contributed by atoms with Gasteiger partial charge in [0.2, 0.25) is 5.91 Å². The minimum absolute atomic E-state index is 0.0634. The van der Waals surface area contributed by atoms with Gasteiger partial charge in [-0.3, -0.25) is 14.5 Å². The second kappa shape index (κ2) is 7.16. The third kappa shape index (κ3) is 3.27. The van der Waals surface area contributed by atoms with E-state index >= 15 is 0 Å². The first-order chi connectivity index (χ1) is 12.5. The molecule has 0 radical (unpaired) electrons. The molecular weight excluding hydrogens is 332 g/mol. The average molecular weight is 354 g/mol. The summed E-state index contributed by atoms with van der Waals surface area (Å²) in [7, 11) is 0. The van der Waals surface area contributed by atoms with Gasteiger partial charge in [0.1, 0.15) is 12.1 Å². The molecule has 1 aromatic rings. The molecule has 2 atom stereocenters. The highest BCUT2D eigenvalue weighted by Crippen LogP contribution is 2.38. The van der Waals surface area contributed by atoms with Gasteiger partial charge in [0.05, 0.1) is 12.5 Å². The number of amides is 4. The Morgan fingerprint density at radius 1 is 1.35 bits per heavy atom. The molecule has 1 saturated carbocycles. The van der Waals surface area contributed by atoms with Crippen LogP contribution in [0.1, 0.15) is 38.2 Å². The summed E-state index contributed by atoms with van der Waals surface area (Å²) in [5.74, 6) is -0.662. The molecule has 4 amide bonds. The third-order valence-electron chi connectivity index (χ3n) is 5.32. The molecule has 2 N–H and O–H groups in total. The predicted octanol–water partition coefficient (Wildman–Crippen LogP) is 2.19. The van der Waals surface area contributed by atoms with Crippen molar-refractivity contribution < 1.29 is 14.4 Å². The molecule has 2 fully saturated rings. The van der Waals surface area contributed by atoms with Crippen LogP contribution in [0.15, 0.2) is 24.3 Å². The first-order valence-electron chi connectivity index (χ1n) is 8.86. The van der Waals surface area contributed by atoms with Crippen LogP contribution in [-0.4, -0.2) is 34.8 Å². The fourth-order valence-corrected chi connectivity index (χ4v) is 3.78. The lowest BCUT2D eigenvalue weighted by molar-refractivity contribution is -0.136. The van der Waals surface area contributed by atoms with E-state index in [-0.39, 0.29) is 18.4 Å². The number of benzene rings is 1. The summed E-state index contributed by atoms with van der Waals surface area (Å²) in [5.41, 5.74) is 0.562. The SMILES string of the molecule is C[C@@H]1CCCC[C@]12NC(=O)N(CC(=O)Nc1ccc(CC#N)cc1)C2=O.